The summed E-state index contributed by atoms with van der Waals surface area (Å²) in [6.07, 6.45) is 5.64. The largest absolute Gasteiger partial charge is 0.355 e. The molecule has 24 heavy (non-hydrogen) atoms. The summed E-state index contributed by atoms with van der Waals surface area (Å²) in [6, 6.07) is 6.07. The number of aromatic nitrogens is 2. The highest BCUT2D eigenvalue weighted by Crippen LogP contribution is 2.27. The van der Waals surface area contributed by atoms with E-state index in [9.17, 15) is 4.79 Å². The van der Waals surface area contributed by atoms with Crippen LogP contribution in [0.2, 0.25) is 0 Å². The van der Waals surface area contributed by atoms with Gasteiger partial charge in [0.05, 0.1) is 12.4 Å². The van der Waals surface area contributed by atoms with Gasteiger partial charge in [0.25, 0.3) is 5.91 Å². The van der Waals surface area contributed by atoms with Gasteiger partial charge in [-0.1, -0.05) is 32.0 Å². The molecule has 1 aliphatic rings. The first-order chi connectivity index (χ1) is 11.6. The van der Waals surface area contributed by atoms with Crippen molar-refractivity contribution < 1.29 is 4.79 Å². The normalized spacial score (nSPS) is 14.2. The van der Waals surface area contributed by atoms with Crippen molar-refractivity contribution in [2.75, 3.05) is 23.3 Å². The van der Waals surface area contributed by atoms with Crippen LogP contribution in [0.5, 0.6) is 0 Å². The summed E-state index contributed by atoms with van der Waals surface area (Å²) in [5.74, 6) is 0.971. The van der Waals surface area contributed by atoms with Crippen LogP contribution in [0.25, 0.3) is 0 Å². The van der Waals surface area contributed by atoms with Gasteiger partial charge in [-0.15, -0.1) is 0 Å². The van der Waals surface area contributed by atoms with Gasteiger partial charge in [0.1, 0.15) is 11.5 Å². The summed E-state index contributed by atoms with van der Waals surface area (Å²) in [5, 5.41) is 3.01. The number of anilines is 2. The molecule has 5 heteroatoms. The van der Waals surface area contributed by atoms with Crippen molar-refractivity contribution in [3.8, 4) is 0 Å². The van der Waals surface area contributed by atoms with Crippen LogP contribution in [0.4, 0.5) is 11.5 Å². The fourth-order valence-electron chi connectivity index (χ4n) is 3.07. The standard InChI is InChI=1S/C19H24N4O/c1-13(2)15-8-6-7-14(3)18(15)22-19(24)16-11-21-17(12-20-16)23-9-4-5-10-23/h6-8,11-13H,4-5,9-10H2,1-3H3,(H,22,24). The highest BCUT2D eigenvalue weighted by atomic mass is 16.1. The smallest absolute Gasteiger partial charge is 0.275 e. The first-order valence-electron chi connectivity index (χ1n) is 8.54. The molecule has 0 atom stereocenters. The van der Waals surface area contributed by atoms with Crippen molar-refractivity contribution in [2.24, 2.45) is 0 Å². The predicted molar refractivity (Wildman–Crippen MR) is 96.7 cm³/mol. The second kappa shape index (κ2) is 6.99. The number of hydrogen-bond acceptors (Lipinski definition) is 4. The lowest BCUT2D eigenvalue weighted by atomic mass is 9.98. The minimum Gasteiger partial charge on any atom is -0.355 e. The molecule has 1 saturated heterocycles. The Morgan fingerprint density at radius 1 is 1.17 bits per heavy atom. The van der Waals surface area contributed by atoms with Crippen LogP contribution in [-0.4, -0.2) is 29.0 Å². The van der Waals surface area contributed by atoms with Crippen molar-refractivity contribution in [2.45, 2.75) is 39.5 Å². The first-order valence-corrected chi connectivity index (χ1v) is 8.54. The van der Waals surface area contributed by atoms with Crippen molar-refractivity contribution in [3.63, 3.8) is 0 Å². The molecule has 0 unspecified atom stereocenters. The molecule has 2 aromatic rings. The predicted octanol–water partition coefficient (Wildman–Crippen LogP) is 3.76. The number of para-hydroxylation sites is 1. The Morgan fingerprint density at radius 2 is 1.92 bits per heavy atom. The van der Waals surface area contributed by atoms with Gasteiger partial charge in [-0.2, -0.15) is 0 Å². The van der Waals surface area contributed by atoms with E-state index in [1.54, 1.807) is 12.4 Å². The van der Waals surface area contributed by atoms with E-state index >= 15 is 0 Å². The Hall–Kier alpha value is -2.43. The van der Waals surface area contributed by atoms with Gasteiger partial charge in [0, 0.05) is 18.8 Å². The minimum atomic E-state index is -0.216. The van der Waals surface area contributed by atoms with E-state index in [0.29, 0.717) is 11.6 Å². The van der Waals surface area contributed by atoms with Gasteiger partial charge in [-0.05, 0) is 36.8 Å². The summed E-state index contributed by atoms with van der Waals surface area (Å²) >= 11 is 0. The average Bonchev–Trinajstić information content (AvgIpc) is 3.11. The number of rotatable bonds is 4. The van der Waals surface area contributed by atoms with Gasteiger partial charge in [-0.3, -0.25) is 4.79 Å². The average molecular weight is 324 g/mol. The minimum absolute atomic E-state index is 0.216. The van der Waals surface area contributed by atoms with Gasteiger partial charge in [0.2, 0.25) is 0 Å². The second-order valence-electron chi connectivity index (χ2n) is 6.60. The third-order valence-corrected chi connectivity index (χ3v) is 4.47. The summed E-state index contributed by atoms with van der Waals surface area (Å²) in [5.41, 5.74) is 3.40. The van der Waals surface area contributed by atoms with Crippen LogP contribution in [-0.2, 0) is 0 Å². The molecule has 1 aliphatic heterocycles. The summed E-state index contributed by atoms with van der Waals surface area (Å²) in [6.45, 7) is 8.27. The van der Waals surface area contributed by atoms with Gasteiger partial charge in [-0.25, -0.2) is 9.97 Å². The van der Waals surface area contributed by atoms with E-state index in [4.69, 9.17) is 0 Å². The monoisotopic (exact) mass is 324 g/mol. The van der Waals surface area contributed by atoms with Crippen LogP contribution in [0.1, 0.15) is 54.2 Å². The van der Waals surface area contributed by atoms with Crippen LogP contribution in [0.3, 0.4) is 0 Å². The van der Waals surface area contributed by atoms with Crippen molar-refractivity contribution >= 4 is 17.4 Å². The van der Waals surface area contributed by atoms with Crippen molar-refractivity contribution in [3.05, 3.63) is 47.4 Å². The fraction of sp³-hybridized carbons (Fsp3) is 0.421. The summed E-state index contributed by atoms with van der Waals surface area (Å²) in [4.78, 5) is 23.5. The number of nitrogens with one attached hydrogen (secondary N) is 1. The second-order valence-corrected chi connectivity index (χ2v) is 6.60. The zero-order valence-corrected chi connectivity index (χ0v) is 14.5. The third-order valence-electron chi connectivity index (χ3n) is 4.47. The topological polar surface area (TPSA) is 58.1 Å². The molecule has 1 amide bonds. The van der Waals surface area contributed by atoms with Crippen LogP contribution in [0.15, 0.2) is 30.6 Å². The molecule has 126 valence electrons. The lowest BCUT2D eigenvalue weighted by Gasteiger charge is -2.17. The quantitative estimate of drug-likeness (QED) is 0.930. The number of aryl methyl sites for hydroxylation is 1. The van der Waals surface area contributed by atoms with Crippen LogP contribution < -0.4 is 10.2 Å². The molecule has 1 N–H and O–H groups in total. The molecular formula is C19H24N4O. The molecule has 1 fully saturated rings. The zero-order chi connectivity index (χ0) is 17.1. The van der Waals surface area contributed by atoms with Gasteiger partial charge in [0.15, 0.2) is 0 Å². The molecule has 0 saturated carbocycles. The number of nitrogens with zero attached hydrogens (tertiary/aromatic N) is 3. The number of amides is 1. The highest BCUT2D eigenvalue weighted by molar-refractivity contribution is 6.03. The molecule has 1 aromatic carbocycles. The Kier molecular flexibility index (Phi) is 4.79. The SMILES string of the molecule is Cc1cccc(C(C)C)c1NC(=O)c1cnc(N2CCCC2)cn1. The number of carbonyl (C=O) groups is 1. The molecule has 2 heterocycles. The molecule has 1 aromatic heterocycles. The van der Waals surface area contributed by atoms with Crippen LogP contribution in [0, 0.1) is 6.92 Å². The van der Waals surface area contributed by atoms with Gasteiger partial charge < -0.3 is 10.2 Å². The maximum atomic E-state index is 12.5. The van der Waals surface area contributed by atoms with E-state index in [1.165, 1.54) is 12.8 Å². The van der Waals surface area contributed by atoms with Gasteiger partial charge >= 0.3 is 0 Å². The van der Waals surface area contributed by atoms with E-state index < -0.39 is 0 Å². The molecule has 0 spiro atoms. The fourth-order valence-corrected chi connectivity index (χ4v) is 3.07. The number of carbonyl (C=O) groups excluding carboxylic acids is 1. The molecule has 0 aliphatic carbocycles. The Morgan fingerprint density at radius 3 is 2.54 bits per heavy atom. The van der Waals surface area contributed by atoms with E-state index in [0.717, 1.165) is 35.7 Å². The zero-order valence-electron chi connectivity index (χ0n) is 14.5. The number of benzene rings is 1. The number of hydrogen-bond donors (Lipinski definition) is 1. The van der Waals surface area contributed by atoms with E-state index in [1.807, 2.05) is 19.1 Å². The molecular weight excluding hydrogens is 300 g/mol. The van der Waals surface area contributed by atoms with Crippen molar-refractivity contribution in [1.82, 2.24) is 9.97 Å². The first kappa shape index (κ1) is 16.4. The lowest BCUT2D eigenvalue weighted by Crippen LogP contribution is -2.21. The molecule has 0 radical (unpaired) electrons. The van der Waals surface area contributed by atoms with Crippen LogP contribution >= 0.6 is 0 Å². The molecule has 0 bridgehead atoms. The maximum Gasteiger partial charge on any atom is 0.275 e. The van der Waals surface area contributed by atoms with E-state index in [2.05, 4.69) is 40.1 Å². The molecule has 3 rings (SSSR count). The Labute approximate surface area is 143 Å². The Balaban J connectivity index is 1.78. The maximum absolute atomic E-state index is 12.5. The third kappa shape index (κ3) is 3.40. The molecule has 5 nitrogen and oxygen atoms in total. The lowest BCUT2D eigenvalue weighted by molar-refractivity contribution is 0.102. The van der Waals surface area contributed by atoms with Crippen molar-refractivity contribution in [1.29, 1.82) is 0 Å². The summed E-state index contributed by atoms with van der Waals surface area (Å²) in [7, 11) is 0. The van der Waals surface area contributed by atoms with E-state index in [-0.39, 0.29) is 5.91 Å². The summed E-state index contributed by atoms with van der Waals surface area (Å²) < 4.78 is 0. The Bertz CT molecular complexity index is 719. The highest BCUT2D eigenvalue weighted by Gasteiger charge is 2.17.